The number of nitrogens with zero attached hydrogens (tertiary/aromatic N) is 2. The number of pyridine rings is 1. The number of aromatic nitrogens is 1. The minimum absolute atomic E-state index is 0.171. The molecule has 0 amide bonds. The number of sulfonamides is 1. The van der Waals surface area contributed by atoms with E-state index in [4.69, 9.17) is 11.6 Å². The standard InChI is InChI=1S/C15H17ClN2O2S/c1-18(11-5-8-13-6-3-2-4-7-13)21(19,20)14-9-10-17-15(16)12-14/h2-4,6-7,9-10,12H,5,8,11H2,1H3. The van der Waals surface area contributed by atoms with Crippen molar-refractivity contribution in [1.29, 1.82) is 0 Å². The molecule has 6 heteroatoms. The molecule has 0 unspecified atom stereocenters. The van der Waals surface area contributed by atoms with Crippen LogP contribution in [0.4, 0.5) is 0 Å². The Labute approximate surface area is 130 Å². The molecule has 0 spiro atoms. The smallest absolute Gasteiger partial charge is 0.242 e. The lowest BCUT2D eigenvalue weighted by Gasteiger charge is -2.17. The van der Waals surface area contributed by atoms with E-state index < -0.39 is 10.0 Å². The fourth-order valence-electron chi connectivity index (χ4n) is 2.00. The van der Waals surface area contributed by atoms with Crippen LogP contribution in [0.5, 0.6) is 0 Å². The van der Waals surface area contributed by atoms with Crippen LogP contribution in [0.2, 0.25) is 5.15 Å². The number of hydrogen-bond donors (Lipinski definition) is 0. The quantitative estimate of drug-likeness (QED) is 0.767. The molecule has 0 N–H and O–H groups in total. The fraction of sp³-hybridized carbons (Fsp3) is 0.267. The summed E-state index contributed by atoms with van der Waals surface area (Å²) in [5.41, 5.74) is 1.20. The van der Waals surface area contributed by atoms with E-state index >= 15 is 0 Å². The first-order valence-corrected chi connectivity index (χ1v) is 8.44. The second-order valence-corrected chi connectivity index (χ2v) is 7.16. The highest BCUT2D eigenvalue weighted by molar-refractivity contribution is 7.89. The SMILES string of the molecule is CN(CCCc1ccccc1)S(=O)(=O)c1ccnc(Cl)c1. The Hall–Kier alpha value is -1.43. The molecule has 0 aliphatic heterocycles. The van der Waals surface area contributed by atoms with Crippen molar-refractivity contribution in [2.45, 2.75) is 17.7 Å². The third-order valence-corrected chi connectivity index (χ3v) is 5.25. The van der Waals surface area contributed by atoms with Gasteiger partial charge >= 0.3 is 0 Å². The first-order valence-electron chi connectivity index (χ1n) is 6.62. The molecule has 0 atom stereocenters. The van der Waals surface area contributed by atoms with Gasteiger partial charge in [0.2, 0.25) is 10.0 Å². The number of aryl methyl sites for hydroxylation is 1. The van der Waals surface area contributed by atoms with Gasteiger partial charge < -0.3 is 0 Å². The highest BCUT2D eigenvalue weighted by Gasteiger charge is 2.20. The summed E-state index contributed by atoms with van der Waals surface area (Å²) in [7, 11) is -1.93. The summed E-state index contributed by atoms with van der Waals surface area (Å²) >= 11 is 5.75. The summed E-state index contributed by atoms with van der Waals surface area (Å²) < 4.78 is 26.1. The first-order chi connectivity index (χ1) is 10.00. The van der Waals surface area contributed by atoms with Gasteiger partial charge in [-0.25, -0.2) is 17.7 Å². The Bertz CT molecular complexity index is 690. The van der Waals surface area contributed by atoms with E-state index in [9.17, 15) is 8.42 Å². The normalized spacial score (nSPS) is 11.8. The highest BCUT2D eigenvalue weighted by atomic mass is 35.5. The summed E-state index contributed by atoms with van der Waals surface area (Å²) in [5.74, 6) is 0. The molecule has 0 saturated carbocycles. The molecule has 21 heavy (non-hydrogen) atoms. The number of rotatable bonds is 6. The topological polar surface area (TPSA) is 50.3 Å². The summed E-state index contributed by atoms with van der Waals surface area (Å²) in [6.45, 7) is 0.456. The van der Waals surface area contributed by atoms with Crippen LogP contribution in [-0.2, 0) is 16.4 Å². The number of halogens is 1. The van der Waals surface area contributed by atoms with E-state index in [1.165, 1.54) is 28.2 Å². The Balaban J connectivity index is 1.97. The average Bonchev–Trinajstić information content (AvgIpc) is 2.48. The van der Waals surface area contributed by atoms with Gasteiger partial charge in [0.1, 0.15) is 5.15 Å². The molecule has 0 aliphatic rings. The average molecular weight is 325 g/mol. The van der Waals surface area contributed by atoms with Crippen LogP contribution >= 0.6 is 11.6 Å². The van der Waals surface area contributed by atoms with Gasteiger partial charge in [-0.15, -0.1) is 0 Å². The maximum absolute atomic E-state index is 12.4. The molecule has 2 rings (SSSR count). The van der Waals surface area contributed by atoms with Crippen molar-refractivity contribution in [3.63, 3.8) is 0 Å². The summed E-state index contributed by atoms with van der Waals surface area (Å²) in [5, 5.41) is 0.175. The van der Waals surface area contributed by atoms with E-state index in [1.807, 2.05) is 30.3 Å². The maximum atomic E-state index is 12.4. The maximum Gasteiger partial charge on any atom is 0.242 e. The molecule has 0 fully saturated rings. The van der Waals surface area contributed by atoms with Crippen molar-refractivity contribution >= 4 is 21.6 Å². The first kappa shape index (κ1) is 15.9. The van der Waals surface area contributed by atoms with Crippen molar-refractivity contribution in [2.75, 3.05) is 13.6 Å². The molecule has 0 aliphatic carbocycles. The van der Waals surface area contributed by atoms with E-state index in [2.05, 4.69) is 4.98 Å². The summed E-state index contributed by atoms with van der Waals surface area (Å²) in [4.78, 5) is 3.97. The zero-order chi connectivity index (χ0) is 15.3. The minimum atomic E-state index is -3.51. The molecule has 0 radical (unpaired) electrons. The molecule has 0 bridgehead atoms. The lowest BCUT2D eigenvalue weighted by Crippen LogP contribution is -2.28. The predicted molar refractivity (Wildman–Crippen MR) is 83.8 cm³/mol. The van der Waals surface area contributed by atoms with Crippen LogP contribution in [0.3, 0.4) is 0 Å². The van der Waals surface area contributed by atoms with Gasteiger partial charge in [0.15, 0.2) is 0 Å². The highest BCUT2D eigenvalue weighted by Crippen LogP contribution is 2.17. The molecule has 2 aromatic rings. The molecule has 112 valence electrons. The van der Waals surface area contributed by atoms with Gasteiger partial charge in [-0.05, 0) is 30.5 Å². The number of benzene rings is 1. The Kier molecular flexibility index (Phi) is 5.33. The minimum Gasteiger partial charge on any atom is -0.244 e. The van der Waals surface area contributed by atoms with Crippen molar-refractivity contribution in [3.05, 3.63) is 59.4 Å². The third-order valence-electron chi connectivity index (χ3n) is 3.19. The summed E-state index contributed by atoms with van der Waals surface area (Å²) in [6.07, 6.45) is 3.00. The number of hydrogen-bond acceptors (Lipinski definition) is 3. The van der Waals surface area contributed by atoms with Crippen LogP contribution in [-0.4, -0.2) is 31.3 Å². The molecular weight excluding hydrogens is 308 g/mol. The van der Waals surface area contributed by atoms with E-state index in [0.29, 0.717) is 6.54 Å². The van der Waals surface area contributed by atoms with Crippen molar-refractivity contribution in [3.8, 4) is 0 Å². The van der Waals surface area contributed by atoms with Gasteiger partial charge in [0.05, 0.1) is 4.90 Å². The largest absolute Gasteiger partial charge is 0.244 e. The fourth-order valence-corrected chi connectivity index (χ4v) is 3.46. The van der Waals surface area contributed by atoms with Crippen LogP contribution in [0.25, 0.3) is 0 Å². The van der Waals surface area contributed by atoms with Crippen molar-refractivity contribution in [1.82, 2.24) is 9.29 Å². The zero-order valence-electron chi connectivity index (χ0n) is 11.7. The van der Waals surface area contributed by atoms with Crippen LogP contribution < -0.4 is 0 Å². The third kappa shape index (κ3) is 4.27. The second-order valence-electron chi connectivity index (χ2n) is 4.73. The van der Waals surface area contributed by atoms with E-state index in [-0.39, 0.29) is 10.0 Å². The zero-order valence-corrected chi connectivity index (χ0v) is 13.3. The Morgan fingerprint density at radius 3 is 2.57 bits per heavy atom. The van der Waals surface area contributed by atoms with Crippen molar-refractivity contribution in [2.24, 2.45) is 0 Å². The van der Waals surface area contributed by atoms with Crippen LogP contribution in [0.15, 0.2) is 53.6 Å². The Morgan fingerprint density at radius 2 is 1.90 bits per heavy atom. The van der Waals surface area contributed by atoms with E-state index in [0.717, 1.165) is 12.8 Å². The summed E-state index contributed by atoms with van der Waals surface area (Å²) in [6, 6.07) is 12.8. The van der Waals surface area contributed by atoms with Crippen molar-refractivity contribution < 1.29 is 8.42 Å². The molecular formula is C15H17ClN2O2S. The molecule has 1 aromatic carbocycles. The lowest BCUT2D eigenvalue weighted by atomic mass is 10.1. The monoisotopic (exact) mass is 324 g/mol. The molecule has 1 aromatic heterocycles. The lowest BCUT2D eigenvalue weighted by molar-refractivity contribution is 0.461. The van der Waals surface area contributed by atoms with Gasteiger partial charge in [-0.1, -0.05) is 41.9 Å². The van der Waals surface area contributed by atoms with Gasteiger partial charge in [-0.2, -0.15) is 0 Å². The van der Waals surface area contributed by atoms with Crippen LogP contribution in [0.1, 0.15) is 12.0 Å². The second kappa shape index (κ2) is 7.02. The molecule has 1 heterocycles. The van der Waals surface area contributed by atoms with E-state index in [1.54, 1.807) is 7.05 Å². The van der Waals surface area contributed by atoms with Gasteiger partial charge in [0.25, 0.3) is 0 Å². The van der Waals surface area contributed by atoms with Gasteiger partial charge in [-0.3, -0.25) is 0 Å². The van der Waals surface area contributed by atoms with Gasteiger partial charge in [0, 0.05) is 19.8 Å². The molecule has 0 saturated heterocycles. The predicted octanol–water partition coefficient (Wildman–Crippen LogP) is 2.99. The Morgan fingerprint density at radius 1 is 1.19 bits per heavy atom. The molecule has 4 nitrogen and oxygen atoms in total. The van der Waals surface area contributed by atoms with Crippen LogP contribution in [0, 0.1) is 0 Å².